The van der Waals surface area contributed by atoms with Crippen molar-refractivity contribution in [3.05, 3.63) is 58.9 Å². The van der Waals surface area contributed by atoms with Gasteiger partial charge < -0.3 is 14.8 Å². The summed E-state index contributed by atoms with van der Waals surface area (Å²) in [6.45, 7) is 1.15. The average molecular weight is 443 g/mol. The maximum absolute atomic E-state index is 14.2. The third-order valence-corrected chi connectivity index (χ3v) is 6.42. The third kappa shape index (κ3) is 5.45. The minimum atomic E-state index is -4.05. The van der Waals surface area contributed by atoms with Gasteiger partial charge in [-0.2, -0.15) is 4.31 Å². The molecule has 0 aromatic heterocycles. The van der Waals surface area contributed by atoms with Crippen LogP contribution in [-0.4, -0.2) is 58.1 Å². The number of carbonyl (C=O) groups excluding carboxylic acids is 1. The summed E-state index contributed by atoms with van der Waals surface area (Å²) in [5.74, 6) is -0.827. The number of hydrogen-bond acceptors (Lipinski definition) is 5. The maximum atomic E-state index is 14.2. The summed E-state index contributed by atoms with van der Waals surface area (Å²) in [4.78, 5) is 11.8. The van der Waals surface area contributed by atoms with E-state index in [-0.39, 0.29) is 45.0 Å². The second kappa shape index (κ2) is 9.53. The fraction of sp³-hybridized carbons (Fsp3) is 0.316. The summed E-state index contributed by atoms with van der Waals surface area (Å²) < 4.78 is 51.4. The Labute approximate surface area is 173 Å². The number of amides is 1. The highest BCUT2D eigenvalue weighted by Gasteiger charge is 2.29. The number of ether oxygens (including phenoxy) is 2. The van der Waals surface area contributed by atoms with Crippen molar-refractivity contribution >= 4 is 27.5 Å². The number of morpholine rings is 1. The molecule has 7 nitrogen and oxygen atoms in total. The van der Waals surface area contributed by atoms with E-state index in [2.05, 4.69) is 5.32 Å². The highest BCUT2D eigenvalue weighted by Crippen LogP contribution is 2.22. The average Bonchev–Trinajstić information content (AvgIpc) is 2.73. The lowest BCUT2D eigenvalue weighted by Crippen LogP contribution is -2.41. The van der Waals surface area contributed by atoms with Crippen molar-refractivity contribution in [1.29, 1.82) is 0 Å². The Hall–Kier alpha value is -2.20. The molecule has 0 radical (unpaired) electrons. The number of carbonyl (C=O) groups is 1. The van der Waals surface area contributed by atoms with Gasteiger partial charge in [-0.25, -0.2) is 12.8 Å². The van der Waals surface area contributed by atoms with Crippen LogP contribution in [0.3, 0.4) is 0 Å². The number of hydrogen-bond donors (Lipinski definition) is 1. The monoisotopic (exact) mass is 442 g/mol. The van der Waals surface area contributed by atoms with Gasteiger partial charge in [0.2, 0.25) is 10.0 Å². The van der Waals surface area contributed by atoms with Crippen LogP contribution >= 0.6 is 11.6 Å². The van der Waals surface area contributed by atoms with Gasteiger partial charge >= 0.3 is 0 Å². The lowest BCUT2D eigenvalue weighted by atomic mass is 10.2. The number of sulfonamides is 1. The van der Waals surface area contributed by atoms with Crippen molar-refractivity contribution in [1.82, 2.24) is 9.62 Å². The van der Waals surface area contributed by atoms with Gasteiger partial charge in [-0.1, -0.05) is 11.6 Å². The molecular formula is C19H20ClFN2O5S. The number of nitrogens with one attached hydrogen (secondary N) is 1. The van der Waals surface area contributed by atoms with Gasteiger partial charge in [-0.15, -0.1) is 0 Å². The number of halogens is 2. The molecule has 1 aliphatic rings. The Bertz CT molecular complexity index is 963. The number of nitrogens with zero attached hydrogens (tertiary/aromatic N) is 1. The Balaban J connectivity index is 1.62. The van der Waals surface area contributed by atoms with Crippen LogP contribution in [0.15, 0.2) is 47.4 Å². The molecule has 156 valence electrons. The minimum absolute atomic E-state index is 0.0460. The molecule has 0 aliphatic carbocycles. The first-order valence-electron chi connectivity index (χ1n) is 8.92. The second-order valence-electron chi connectivity index (χ2n) is 6.22. The van der Waals surface area contributed by atoms with Crippen LogP contribution in [0, 0.1) is 5.82 Å². The molecule has 0 unspecified atom stereocenters. The zero-order chi connectivity index (χ0) is 20.9. The molecule has 1 fully saturated rings. The fourth-order valence-electron chi connectivity index (χ4n) is 2.73. The Morgan fingerprint density at radius 1 is 1.17 bits per heavy atom. The first-order valence-corrected chi connectivity index (χ1v) is 10.7. The molecule has 3 rings (SSSR count). The molecule has 0 spiro atoms. The van der Waals surface area contributed by atoms with Crippen molar-refractivity contribution < 1.29 is 27.1 Å². The van der Waals surface area contributed by atoms with E-state index in [1.165, 1.54) is 6.07 Å². The molecule has 1 heterocycles. The quantitative estimate of drug-likeness (QED) is 0.665. The number of rotatable bonds is 7. The molecule has 10 heteroatoms. The maximum Gasteiger partial charge on any atom is 0.251 e. The van der Waals surface area contributed by atoms with Crippen LogP contribution in [0.4, 0.5) is 4.39 Å². The molecule has 0 bridgehead atoms. The summed E-state index contributed by atoms with van der Waals surface area (Å²) in [6.07, 6.45) is 0. The lowest BCUT2D eigenvalue weighted by molar-refractivity contribution is 0.0729. The second-order valence-corrected chi connectivity index (χ2v) is 8.56. The normalized spacial score (nSPS) is 15.1. The summed E-state index contributed by atoms with van der Waals surface area (Å²) in [6, 6.07) is 10.0. The summed E-state index contributed by atoms with van der Waals surface area (Å²) >= 11 is 5.80. The molecule has 1 saturated heterocycles. The fourth-order valence-corrected chi connectivity index (χ4v) is 4.36. The van der Waals surface area contributed by atoms with Crippen molar-refractivity contribution in [2.45, 2.75) is 4.90 Å². The summed E-state index contributed by atoms with van der Waals surface area (Å²) in [7, 11) is -4.05. The van der Waals surface area contributed by atoms with E-state index >= 15 is 0 Å². The van der Waals surface area contributed by atoms with Crippen LogP contribution < -0.4 is 10.1 Å². The smallest absolute Gasteiger partial charge is 0.251 e. The minimum Gasteiger partial charge on any atom is -0.492 e. The molecule has 1 amide bonds. The third-order valence-electron chi connectivity index (χ3n) is 4.25. The summed E-state index contributed by atoms with van der Waals surface area (Å²) in [5, 5.41) is 3.21. The Kier molecular flexibility index (Phi) is 7.07. The predicted molar refractivity (Wildman–Crippen MR) is 105 cm³/mol. The largest absolute Gasteiger partial charge is 0.492 e. The predicted octanol–water partition coefficient (Wildman–Crippen LogP) is 2.31. The Morgan fingerprint density at radius 3 is 2.55 bits per heavy atom. The van der Waals surface area contributed by atoms with E-state index in [0.29, 0.717) is 10.8 Å². The van der Waals surface area contributed by atoms with E-state index in [1.807, 2.05) is 0 Å². The van der Waals surface area contributed by atoms with Crippen LogP contribution in [0.5, 0.6) is 5.75 Å². The molecule has 0 atom stereocenters. The van der Waals surface area contributed by atoms with Crippen LogP contribution in [0.2, 0.25) is 5.02 Å². The molecule has 2 aromatic rings. The molecule has 1 aliphatic heterocycles. The summed E-state index contributed by atoms with van der Waals surface area (Å²) in [5.41, 5.74) is 0.0460. The van der Waals surface area contributed by atoms with E-state index < -0.39 is 26.6 Å². The first-order chi connectivity index (χ1) is 13.9. The van der Waals surface area contributed by atoms with Gasteiger partial charge in [0.1, 0.15) is 23.1 Å². The standard InChI is InChI=1S/C19H20ClFN2O5S/c20-15-2-4-16(5-3-15)28-10-7-22-19(24)14-1-6-17(21)18(13-14)29(25,26)23-8-11-27-12-9-23/h1-6,13H,7-12H2,(H,22,24). The SMILES string of the molecule is O=C(NCCOc1ccc(Cl)cc1)c1ccc(F)c(S(=O)(=O)N2CCOCC2)c1. The highest BCUT2D eigenvalue weighted by molar-refractivity contribution is 7.89. The van der Waals surface area contributed by atoms with Crippen molar-refractivity contribution in [3.63, 3.8) is 0 Å². The van der Waals surface area contributed by atoms with Crippen molar-refractivity contribution in [2.75, 3.05) is 39.5 Å². The van der Waals surface area contributed by atoms with Crippen molar-refractivity contribution in [3.8, 4) is 5.75 Å². The number of benzene rings is 2. The Morgan fingerprint density at radius 2 is 1.86 bits per heavy atom. The van der Waals surface area contributed by atoms with Crippen molar-refractivity contribution in [2.24, 2.45) is 0 Å². The molecule has 2 aromatic carbocycles. The van der Waals surface area contributed by atoms with Crippen LogP contribution in [-0.2, 0) is 14.8 Å². The van der Waals surface area contributed by atoms with Crippen LogP contribution in [0.25, 0.3) is 0 Å². The van der Waals surface area contributed by atoms with E-state index in [0.717, 1.165) is 16.4 Å². The zero-order valence-corrected chi connectivity index (χ0v) is 17.0. The zero-order valence-electron chi connectivity index (χ0n) is 15.4. The van der Waals surface area contributed by atoms with Gasteiger partial charge in [0, 0.05) is 23.7 Å². The lowest BCUT2D eigenvalue weighted by Gasteiger charge is -2.26. The van der Waals surface area contributed by atoms with Gasteiger partial charge in [0.25, 0.3) is 5.91 Å². The first kappa shape index (κ1) is 21.5. The van der Waals surface area contributed by atoms with Gasteiger partial charge in [0.15, 0.2) is 0 Å². The van der Waals surface area contributed by atoms with E-state index in [9.17, 15) is 17.6 Å². The van der Waals surface area contributed by atoms with Crippen LogP contribution in [0.1, 0.15) is 10.4 Å². The molecule has 1 N–H and O–H groups in total. The topological polar surface area (TPSA) is 84.9 Å². The van der Waals surface area contributed by atoms with E-state index in [1.54, 1.807) is 24.3 Å². The van der Waals surface area contributed by atoms with Gasteiger partial charge in [-0.3, -0.25) is 4.79 Å². The molecule has 0 saturated carbocycles. The molecule has 29 heavy (non-hydrogen) atoms. The van der Waals surface area contributed by atoms with E-state index in [4.69, 9.17) is 21.1 Å². The highest BCUT2D eigenvalue weighted by atomic mass is 35.5. The van der Waals surface area contributed by atoms with Gasteiger partial charge in [-0.05, 0) is 42.5 Å². The van der Waals surface area contributed by atoms with Gasteiger partial charge in [0.05, 0.1) is 19.8 Å². The molecular weight excluding hydrogens is 423 g/mol.